The van der Waals surface area contributed by atoms with Crippen LogP contribution in [0.4, 0.5) is 5.82 Å². The number of nitrogens with two attached hydrogens (primary N) is 2. The molecule has 7 nitrogen and oxygen atoms in total. The summed E-state index contributed by atoms with van der Waals surface area (Å²) in [5.41, 5.74) is 6.37. The minimum absolute atomic E-state index is 0.145. The van der Waals surface area contributed by atoms with Crippen LogP contribution in [0.1, 0.15) is 0 Å². The SMILES string of the molecule is Nc1nccc(-c2cncnc2)c1S(N)(=O)=O. The van der Waals surface area contributed by atoms with Gasteiger partial charge in [-0.1, -0.05) is 0 Å². The number of sulfonamides is 1. The Bertz CT molecular complexity index is 642. The molecule has 0 aliphatic rings. The summed E-state index contributed by atoms with van der Waals surface area (Å²) in [7, 11) is -3.96. The fraction of sp³-hybridized carbons (Fsp3) is 0. The predicted octanol–water partition coefficient (Wildman–Crippen LogP) is -0.232. The van der Waals surface area contributed by atoms with E-state index in [1.54, 1.807) is 0 Å². The highest BCUT2D eigenvalue weighted by Crippen LogP contribution is 2.28. The van der Waals surface area contributed by atoms with Crippen molar-refractivity contribution >= 4 is 15.8 Å². The maximum absolute atomic E-state index is 11.5. The third-order valence-corrected chi connectivity index (χ3v) is 3.09. The largest absolute Gasteiger partial charge is 0.383 e. The number of anilines is 1. The van der Waals surface area contributed by atoms with Crippen LogP contribution >= 0.6 is 0 Å². The van der Waals surface area contributed by atoms with Gasteiger partial charge >= 0.3 is 0 Å². The second kappa shape index (κ2) is 4.07. The first-order chi connectivity index (χ1) is 8.00. The van der Waals surface area contributed by atoms with Crippen molar-refractivity contribution < 1.29 is 8.42 Å². The van der Waals surface area contributed by atoms with Crippen molar-refractivity contribution in [3.05, 3.63) is 31.0 Å². The van der Waals surface area contributed by atoms with Crippen molar-refractivity contribution in [3.63, 3.8) is 0 Å². The zero-order valence-corrected chi connectivity index (χ0v) is 9.42. The van der Waals surface area contributed by atoms with Gasteiger partial charge in [0.15, 0.2) is 0 Å². The summed E-state index contributed by atoms with van der Waals surface area (Å²) in [5.74, 6) is -0.145. The molecule has 0 bridgehead atoms. The van der Waals surface area contributed by atoms with Crippen molar-refractivity contribution in [1.82, 2.24) is 15.0 Å². The first kappa shape index (κ1) is 11.4. The van der Waals surface area contributed by atoms with Crippen molar-refractivity contribution in [2.24, 2.45) is 5.14 Å². The number of aromatic nitrogens is 3. The second-order valence-electron chi connectivity index (χ2n) is 3.25. The van der Waals surface area contributed by atoms with Crippen LogP contribution in [-0.4, -0.2) is 23.4 Å². The van der Waals surface area contributed by atoms with Crippen LogP contribution < -0.4 is 10.9 Å². The van der Waals surface area contributed by atoms with Gasteiger partial charge in [-0.15, -0.1) is 0 Å². The van der Waals surface area contributed by atoms with Crippen molar-refractivity contribution in [2.45, 2.75) is 4.90 Å². The lowest BCUT2D eigenvalue weighted by atomic mass is 10.1. The van der Waals surface area contributed by atoms with Gasteiger partial charge in [-0.3, -0.25) is 0 Å². The van der Waals surface area contributed by atoms with Gasteiger partial charge in [0.25, 0.3) is 0 Å². The van der Waals surface area contributed by atoms with E-state index in [0.29, 0.717) is 11.1 Å². The van der Waals surface area contributed by atoms with Gasteiger partial charge in [-0.05, 0) is 6.07 Å². The molecule has 0 spiro atoms. The lowest BCUT2D eigenvalue weighted by Crippen LogP contribution is -2.16. The molecule has 2 aromatic rings. The van der Waals surface area contributed by atoms with E-state index < -0.39 is 10.0 Å². The van der Waals surface area contributed by atoms with Crippen LogP contribution in [0.25, 0.3) is 11.1 Å². The van der Waals surface area contributed by atoms with Crippen molar-refractivity contribution in [1.29, 1.82) is 0 Å². The molecule has 0 amide bonds. The van der Waals surface area contributed by atoms with Gasteiger partial charge in [0, 0.05) is 29.7 Å². The zero-order valence-electron chi connectivity index (χ0n) is 8.61. The van der Waals surface area contributed by atoms with Crippen molar-refractivity contribution in [3.8, 4) is 11.1 Å². The minimum Gasteiger partial charge on any atom is -0.383 e. The Kier molecular flexibility index (Phi) is 2.74. The van der Waals surface area contributed by atoms with Crippen LogP contribution in [-0.2, 0) is 10.0 Å². The van der Waals surface area contributed by atoms with E-state index >= 15 is 0 Å². The molecule has 0 aliphatic carbocycles. The van der Waals surface area contributed by atoms with Gasteiger partial charge < -0.3 is 5.73 Å². The smallest absolute Gasteiger partial charge is 0.242 e. The normalized spacial score (nSPS) is 11.4. The summed E-state index contributed by atoms with van der Waals surface area (Å²) in [6.07, 6.45) is 5.67. The Morgan fingerprint density at radius 1 is 1.18 bits per heavy atom. The molecule has 4 N–H and O–H groups in total. The van der Waals surface area contributed by atoms with Gasteiger partial charge in [-0.25, -0.2) is 28.5 Å². The average molecular weight is 251 g/mol. The van der Waals surface area contributed by atoms with Crippen LogP contribution in [0, 0.1) is 0 Å². The standard InChI is InChI=1S/C9H9N5O2S/c10-9-8(17(11,15)16)7(1-2-14-9)6-3-12-5-13-4-6/h1-5H,(H2,10,14)(H2,11,15,16). The number of pyridine rings is 1. The van der Waals surface area contributed by atoms with Crippen LogP contribution in [0.2, 0.25) is 0 Å². The molecule has 2 aromatic heterocycles. The number of nitrogen functional groups attached to an aromatic ring is 1. The van der Waals surface area contributed by atoms with E-state index in [0.717, 1.165) is 0 Å². The van der Waals surface area contributed by atoms with E-state index in [9.17, 15) is 8.42 Å². The highest BCUT2D eigenvalue weighted by molar-refractivity contribution is 7.89. The molecule has 0 aromatic carbocycles. The van der Waals surface area contributed by atoms with Crippen LogP contribution in [0.15, 0.2) is 35.9 Å². The number of primary sulfonamides is 1. The third-order valence-electron chi connectivity index (χ3n) is 2.09. The molecule has 0 unspecified atom stereocenters. The topological polar surface area (TPSA) is 125 Å². The maximum atomic E-state index is 11.5. The van der Waals surface area contributed by atoms with E-state index in [4.69, 9.17) is 10.9 Å². The van der Waals surface area contributed by atoms with Crippen LogP contribution in [0.5, 0.6) is 0 Å². The molecule has 0 radical (unpaired) electrons. The summed E-state index contributed by atoms with van der Waals surface area (Å²) in [4.78, 5) is 11.1. The van der Waals surface area contributed by atoms with E-state index in [1.807, 2.05) is 0 Å². The monoisotopic (exact) mass is 251 g/mol. The molecule has 88 valence electrons. The highest BCUT2D eigenvalue weighted by Gasteiger charge is 2.19. The number of nitrogens with zero attached hydrogens (tertiary/aromatic N) is 3. The number of hydrogen-bond acceptors (Lipinski definition) is 6. The summed E-state index contributed by atoms with van der Waals surface area (Å²) < 4.78 is 22.9. The van der Waals surface area contributed by atoms with Gasteiger partial charge in [0.1, 0.15) is 17.0 Å². The quantitative estimate of drug-likeness (QED) is 0.759. The van der Waals surface area contributed by atoms with Crippen molar-refractivity contribution in [2.75, 3.05) is 5.73 Å². The summed E-state index contributed by atoms with van der Waals surface area (Å²) in [6.45, 7) is 0. The Labute approximate surface area is 97.6 Å². The van der Waals surface area contributed by atoms with Crippen LogP contribution in [0.3, 0.4) is 0 Å². The summed E-state index contributed by atoms with van der Waals surface area (Å²) in [6, 6.07) is 1.49. The van der Waals surface area contributed by atoms with E-state index in [2.05, 4.69) is 15.0 Å². The third kappa shape index (κ3) is 2.22. The predicted molar refractivity (Wildman–Crippen MR) is 61.0 cm³/mol. The molecule has 0 fully saturated rings. The first-order valence-electron chi connectivity index (χ1n) is 4.53. The lowest BCUT2D eigenvalue weighted by Gasteiger charge is -2.08. The lowest BCUT2D eigenvalue weighted by molar-refractivity contribution is 0.598. The molecular formula is C9H9N5O2S. The highest BCUT2D eigenvalue weighted by atomic mass is 32.2. The number of hydrogen-bond donors (Lipinski definition) is 2. The summed E-state index contributed by atoms with van der Waals surface area (Å²) >= 11 is 0. The number of rotatable bonds is 2. The molecule has 0 aliphatic heterocycles. The maximum Gasteiger partial charge on any atom is 0.242 e. The molecule has 0 saturated carbocycles. The fourth-order valence-electron chi connectivity index (χ4n) is 1.43. The molecule has 17 heavy (non-hydrogen) atoms. The Morgan fingerprint density at radius 3 is 2.41 bits per heavy atom. The zero-order chi connectivity index (χ0) is 12.5. The van der Waals surface area contributed by atoms with Gasteiger partial charge in [0.2, 0.25) is 10.0 Å². The Balaban J connectivity index is 2.76. The average Bonchev–Trinajstić information content (AvgIpc) is 2.28. The molecule has 2 heterocycles. The molecule has 0 atom stereocenters. The Hall–Kier alpha value is -2.06. The molecule has 0 saturated heterocycles. The first-order valence-corrected chi connectivity index (χ1v) is 6.07. The van der Waals surface area contributed by atoms with Gasteiger partial charge in [-0.2, -0.15) is 0 Å². The summed E-state index contributed by atoms with van der Waals surface area (Å²) in [5, 5.41) is 5.11. The van der Waals surface area contributed by atoms with E-state index in [-0.39, 0.29) is 10.7 Å². The van der Waals surface area contributed by atoms with Gasteiger partial charge in [0.05, 0.1) is 0 Å². The minimum atomic E-state index is -3.96. The molecule has 2 rings (SSSR count). The Morgan fingerprint density at radius 2 is 1.82 bits per heavy atom. The van der Waals surface area contributed by atoms with E-state index in [1.165, 1.54) is 31.0 Å². The fourth-order valence-corrected chi connectivity index (χ4v) is 2.27. The molecular weight excluding hydrogens is 242 g/mol. The second-order valence-corrected chi connectivity index (χ2v) is 4.74. The molecule has 8 heteroatoms.